The van der Waals surface area contributed by atoms with E-state index in [-0.39, 0.29) is 11.7 Å². The first-order valence-corrected chi connectivity index (χ1v) is 13.0. The maximum atomic E-state index is 13.6. The van der Waals surface area contributed by atoms with Crippen molar-refractivity contribution in [3.05, 3.63) is 70.9 Å². The van der Waals surface area contributed by atoms with Crippen LogP contribution in [0.15, 0.2) is 48.7 Å². The summed E-state index contributed by atoms with van der Waals surface area (Å²) in [4.78, 5) is 15.3. The highest BCUT2D eigenvalue weighted by molar-refractivity contribution is 7.90. The predicted molar refractivity (Wildman–Crippen MR) is 127 cm³/mol. The summed E-state index contributed by atoms with van der Waals surface area (Å²) in [6.45, 7) is 8.84. The van der Waals surface area contributed by atoms with Crippen molar-refractivity contribution in [2.75, 3.05) is 23.9 Å². The average Bonchev–Trinajstić information content (AvgIpc) is 3.52. The predicted octanol–water partition coefficient (Wildman–Crippen LogP) is 4.47. The Kier molecular flexibility index (Phi) is 6.03. The van der Waals surface area contributed by atoms with E-state index in [1.54, 1.807) is 4.90 Å². The normalized spacial score (nSPS) is 16.6. The minimum Gasteiger partial charge on any atom is -0.494 e. The Hall–Kier alpha value is -2.80. The largest absolute Gasteiger partial charge is 0.494 e. The summed E-state index contributed by atoms with van der Waals surface area (Å²) < 4.78 is 30.4. The minimum atomic E-state index is -3.35. The van der Waals surface area contributed by atoms with Crippen LogP contribution in [-0.2, 0) is 16.4 Å². The van der Waals surface area contributed by atoms with Crippen molar-refractivity contribution in [3.63, 3.8) is 0 Å². The molecule has 2 aliphatic rings. The maximum Gasteiger partial charge on any atom is 0.257 e. The molecule has 1 unspecified atom stereocenters. The number of nitrogens with zero attached hydrogens (tertiary/aromatic N) is 1. The lowest BCUT2D eigenvalue weighted by Crippen LogP contribution is -2.34. The molecule has 1 aliphatic carbocycles. The molecule has 1 aliphatic heterocycles. The molecule has 4 rings (SSSR count). The Morgan fingerprint density at radius 2 is 2.03 bits per heavy atom. The van der Waals surface area contributed by atoms with Gasteiger partial charge < -0.3 is 15.0 Å². The van der Waals surface area contributed by atoms with E-state index in [1.165, 1.54) is 6.26 Å². The number of aryl methyl sites for hydroxylation is 1. The quantitative estimate of drug-likeness (QED) is 0.605. The third-order valence-electron chi connectivity index (χ3n) is 6.07. The molecule has 1 heterocycles. The lowest BCUT2D eigenvalue weighted by Gasteiger charge is -2.28. The molecule has 0 spiro atoms. The molecule has 0 radical (unpaired) electrons. The average molecular weight is 455 g/mol. The van der Waals surface area contributed by atoms with Crippen LogP contribution in [0, 0.1) is 12.8 Å². The Bertz CT molecular complexity index is 1170. The standard InChI is InChI=1S/C25H30N2O4S/c1-5-31-23-13-19(10-9-16(23)2)22(15-32(4,29)30)27-14-20-7-6-8-21(24(20)25(27)28)26-17(3)18-11-12-18/h6-10,13,18,22,26H,3,5,11-12,14-15H2,1-2,4H3. The molecule has 1 N–H and O–H groups in total. The van der Waals surface area contributed by atoms with Gasteiger partial charge in [0.2, 0.25) is 0 Å². The van der Waals surface area contributed by atoms with Gasteiger partial charge in [0, 0.05) is 18.5 Å². The number of hydrogen-bond acceptors (Lipinski definition) is 5. The number of amides is 1. The second-order valence-corrected chi connectivity index (χ2v) is 10.9. The number of ether oxygens (including phenoxy) is 1. The van der Waals surface area contributed by atoms with Crippen molar-refractivity contribution >= 4 is 21.4 Å². The van der Waals surface area contributed by atoms with Gasteiger partial charge in [0.15, 0.2) is 0 Å². The molecule has 1 amide bonds. The first-order chi connectivity index (χ1) is 15.2. The minimum absolute atomic E-state index is 0.154. The molecular weight excluding hydrogens is 424 g/mol. The van der Waals surface area contributed by atoms with E-state index in [0.717, 1.165) is 40.9 Å². The second kappa shape index (κ2) is 8.62. The number of fused-ring (bicyclic) bond motifs is 1. The van der Waals surface area contributed by atoms with Crippen LogP contribution in [0.1, 0.15) is 52.9 Å². The van der Waals surface area contributed by atoms with Crippen LogP contribution in [-0.4, -0.2) is 37.8 Å². The Balaban J connectivity index is 1.70. The highest BCUT2D eigenvalue weighted by atomic mass is 32.2. The fraction of sp³-hybridized carbons (Fsp3) is 0.400. The monoisotopic (exact) mass is 454 g/mol. The van der Waals surface area contributed by atoms with E-state index in [4.69, 9.17) is 4.74 Å². The highest BCUT2D eigenvalue weighted by Gasteiger charge is 2.37. The van der Waals surface area contributed by atoms with Gasteiger partial charge in [0.25, 0.3) is 5.91 Å². The van der Waals surface area contributed by atoms with E-state index in [0.29, 0.717) is 30.4 Å². The van der Waals surface area contributed by atoms with Gasteiger partial charge in [0.1, 0.15) is 15.6 Å². The van der Waals surface area contributed by atoms with Crippen LogP contribution < -0.4 is 10.1 Å². The molecule has 2 aromatic carbocycles. The molecule has 0 aromatic heterocycles. The van der Waals surface area contributed by atoms with Gasteiger partial charge in [-0.25, -0.2) is 8.42 Å². The Morgan fingerprint density at radius 3 is 2.69 bits per heavy atom. The van der Waals surface area contributed by atoms with E-state index in [2.05, 4.69) is 11.9 Å². The Morgan fingerprint density at radius 1 is 1.28 bits per heavy atom. The molecule has 6 nitrogen and oxygen atoms in total. The molecule has 7 heteroatoms. The molecule has 2 aromatic rings. The van der Waals surface area contributed by atoms with Crippen LogP contribution in [0.3, 0.4) is 0 Å². The molecular formula is C25H30N2O4S. The number of carbonyl (C=O) groups excluding carboxylic acids is 1. The van der Waals surface area contributed by atoms with Gasteiger partial charge in [-0.1, -0.05) is 30.8 Å². The van der Waals surface area contributed by atoms with Crippen molar-refractivity contribution in [2.45, 2.75) is 39.3 Å². The summed E-state index contributed by atoms with van der Waals surface area (Å²) in [5.74, 6) is 0.842. The van der Waals surface area contributed by atoms with Crippen LogP contribution in [0.25, 0.3) is 0 Å². The number of benzene rings is 2. The van der Waals surface area contributed by atoms with Crippen molar-refractivity contribution in [2.24, 2.45) is 5.92 Å². The smallest absolute Gasteiger partial charge is 0.257 e. The molecule has 0 bridgehead atoms. The summed E-state index contributed by atoms with van der Waals surface area (Å²) in [6, 6.07) is 10.8. The SMILES string of the molecule is C=C(Nc1cccc2c1C(=O)N(C(CS(C)(=O)=O)c1ccc(C)c(OCC)c1)C2)C1CC1. The number of sulfone groups is 1. The highest BCUT2D eigenvalue weighted by Crippen LogP contribution is 2.40. The summed E-state index contributed by atoms with van der Waals surface area (Å²) in [5, 5.41) is 3.34. The van der Waals surface area contributed by atoms with Crippen molar-refractivity contribution in [1.82, 2.24) is 4.90 Å². The number of anilines is 1. The lowest BCUT2D eigenvalue weighted by atomic mass is 10.0. The van der Waals surface area contributed by atoms with E-state index in [9.17, 15) is 13.2 Å². The summed E-state index contributed by atoms with van der Waals surface area (Å²) >= 11 is 0. The molecule has 1 saturated carbocycles. The molecule has 0 saturated heterocycles. The van der Waals surface area contributed by atoms with Crippen molar-refractivity contribution in [3.8, 4) is 5.75 Å². The third-order valence-corrected chi connectivity index (χ3v) is 6.99. The fourth-order valence-corrected chi connectivity index (χ4v) is 5.18. The van der Waals surface area contributed by atoms with E-state index in [1.807, 2.05) is 50.2 Å². The van der Waals surface area contributed by atoms with Crippen LogP contribution in [0.5, 0.6) is 5.75 Å². The number of hydrogen-bond donors (Lipinski definition) is 1. The second-order valence-electron chi connectivity index (χ2n) is 8.76. The van der Waals surface area contributed by atoms with Gasteiger partial charge in [-0.3, -0.25) is 4.79 Å². The number of carbonyl (C=O) groups is 1. The lowest BCUT2D eigenvalue weighted by molar-refractivity contribution is 0.0719. The van der Waals surface area contributed by atoms with Gasteiger partial charge in [-0.15, -0.1) is 0 Å². The molecule has 1 atom stereocenters. The summed E-state index contributed by atoms with van der Waals surface area (Å²) in [7, 11) is -3.35. The molecule has 1 fully saturated rings. The van der Waals surface area contributed by atoms with Crippen LogP contribution in [0.4, 0.5) is 5.69 Å². The first-order valence-electron chi connectivity index (χ1n) is 11.0. The van der Waals surface area contributed by atoms with E-state index >= 15 is 0 Å². The van der Waals surface area contributed by atoms with E-state index < -0.39 is 15.9 Å². The van der Waals surface area contributed by atoms with Gasteiger partial charge in [-0.05, 0) is 61.4 Å². The number of nitrogens with one attached hydrogen (secondary N) is 1. The van der Waals surface area contributed by atoms with Gasteiger partial charge in [0.05, 0.1) is 29.7 Å². The Labute approximate surface area is 190 Å². The molecule has 170 valence electrons. The fourth-order valence-electron chi connectivity index (χ4n) is 4.23. The van der Waals surface area contributed by atoms with Gasteiger partial charge >= 0.3 is 0 Å². The zero-order valence-corrected chi connectivity index (χ0v) is 19.7. The van der Waals surface area contributed by atoms with Crippen LogP contribution in [0.2, 0.25) is 0 Å². The van der Waals surface area contributed by atoms with Crippen molar-refractivity contribution < 1.29 is 17.9 Å². The zero-order chi connectivity index (χ0) is 23.0. The number of rotatable bonds is 9. The topological polar surface area (TPSA) is 75.7 Å². The van der Waals surface area contributed by atoms with Crippen LogP contribution >= 0.6 is 0 Å². The summed E-state index contributed by atoms with van der Waals surface area (Å²) in [5.41, 5.74) is 4.88. The zero-order valence-electron chi connectivity index (χ0n) is 18.8. The molecule has 32 heavy (non-hydrogen) atoms. The van der Waals surface area contributed by atoms with Crippen molar-refractivity contribution in [1.29, 1.82) is 0 Å². The first kappa shape index (κ1) is 22.4. The summed E-state index contributed by atoms with van der Waals surface area (Å²) in [6.07, 6.45) is 3.44. The number of allylic oxidation sites excluding steroid dienone is 1. The maximum absolute atomic E-state index is 13.6. The van der Waals surface area contributed by atoms with Gasteiger partial charge in [-0.2, -0.15) is 0 Å². The third kappa shape index (κ3) is 4.67.